The topological polar surface area (TPSA) is 97.5 Å². The number of aromatic nitrogens is 1. The van der Waals surface area contributed by atoms with Gasteiger partial charge in [0.25, 0.3) is 5.91 Å². The first kappa shape index (κ1) is 20.1. The first-order valence-electron chi connectivity index (χ1n) is 9.23. The number of carbonyl (C=O) groups excluding carboxylic acids is 3. The van der Waals surface area contributed by atoms with Crippen LogP contribution in [0.25, 0.3) is 10.9 Å². The molecule has 0 aliphatic carbocycles. The second-order valence-corrected chi connectivity index (χ2v) is 6.39. The summed E-state index contributed by atoms with van der Waals surface area (Å²) in [6.07, 6.45) is 2.47. The zero-order chi connectivity index (χ0) is 20.8. The minimum Gasteiger partial charge on any atom is -0.497 e. The number of methoxy groups -OCH3 is 1. The lowest BCUT2D eigenvalue weighted by atomic mass is 10.1. The van der Waals surface area contributed by atoms with Crippen LogP contribution in [0.5, 0.6) is 5.75 Å². The molecule has 2 aromatic carbocycles. The van der Waals surface area contributed by atoms with E-state index in [0.717, 1.165) is 22.9 Å². The second kappa shape index (κ2) is 9.05. The van der Waals surface area contributed by atoms with E-state index in [1.54, 1.807) is 30.5 Å². The molecular weight excluding hydrogens is 372 g/mol. The van der Waals surface area contributed by atoms with Gasteiger partial charge in [-0.05, 0) is 36.2 Å². The van der Waals surface area contributed by atoms with Gasteiger partial charge in [-0.15, -0.1) is 0 Å². The van der Waals surface area contributed by atoms with Gasteiger partial charge in [0.1, 0.15) is 12.3 Å². The van der Waals surface area contributed by atoms with E-state index in [2.05, 4.69) is 10.3 Å². The monoisotopic (exact) mass is 394 g/mol. The number of carbonyl (C=O) groups is 3. The van der Waals surface area contributed by atoms with Crippen LogP contribution in [0.2, 0.25) is 0 Å². The van der Waals surface area contributed by atoms with Crippen LogP contribution in [-0.4, -0.2) is 42.9 Å². The van der Waals surface area contributed by atoms with E-state index < -0.39 is 11.9 Å². The quantitative estimate of drug-likeness (QED) is 0.452. The number of benzene rings is 2. The second-order valence-electron chi connectivity index (χ2n) is 6.39. The average Bonchev–Trinajstić information content (AvgIpc) is 3.20. The highest BCUT2D eigenvalue weighted by molar-refractivity contribution is 6.09. The van der Waals surface area contributed by atoms with Gasteiger partial charge in [-0.2, -0.15) is 0 Å². The molecule has 1 amide bonds. The van der Waals surface area contributed by atoms with Gasteiger partial charge < -0.3 is 19.8 Å². The number of aromatic amines is 1. The Morgan fingerprint density at radius 3 is 2.52 bits per heavy atom. The number of nitrogens with one attached hydrogen (secondary N) is 2. The van der Waals surface area contributed by atoms with Gasteiger partial charge >= 0.3 is 5.97 Å². The fourth-order valence-electron chi connectivity index (χ4n) is 3.01. The Morgan fingerprint density at radius 2 is 1.83 bits per heavy atom. The molecule has 0 aliphatic heterocycles. The van der Waals surface area contributed by atoms with E-state index >= 15 is 0 Å². The van der Waals surface area contributed by atoms with Crippen molar-refractivity contribution in [1.29, 1.82) is 0 Å². The lowest BCUT2D eigenvalue weighted by molar-refractivity contribution is -0.141. The molecule has 0 bridgehead atoms. The number of fused-ring (bicyclic) bond motifs is 1. The molecule has 3 rings (SSSR count). The number of ketones is 1. The highest BCUT2D eigenvalue weighted by Crippen LogP contribution is 2.22. The van der Waals surface area contributed by atoms with Crippen molar-refractivity contribution in [1.82, 2.24) is 10.3 Å². The van der Waals surface area contributed by atoms with E-state index in [9.17, 15) is 14.4 Å². The fraction of sp³-hybridized carbons (Fsp3) is 0.227. The van der Waals surface area contributed by atoms with Gasteiger partial charge in [0.15, 0.2) is 6.61 Å². The summed E-state index contributed by atoms with van der Waals surface area (Å²) >= 11 is 0. The molecule has 1 heterocycles. The van der Waals surface area contributed by atoms with Crippen molar-refractivity contribution in [3.63, 3.8) is 0 Å². The Hall–Kier alpha value is -3.61. The van der Waals surface area contributed by atoms with Crippen LogP contribution in [0.15, 0.2) is 48.7 Å². The van der Waals surface area contributed by atoms with Crippen molar-refractivity contribution in [3.05, 3.63) is 65.4 Å². The maximum atomic E-state index is 12.4. The lowest BCUT2D eigenvalue weighted by Crippen LogP contribution is -2.31. The minimum atomic E-state index is -0.686. The summed E-state index contributed by atoms with van der Waals surface area (Å²) in [5, 5.41) is 3.27. The number of hydrogen-bond donors (Lipinski definition) is 2. The molecule has 0 unspecified atom stereocenters. The molecular formula is C22H22N2O5. The summed E-state index contributed by atoms with van der Waals surface area (Å²) in [7, 11) is 1.53. The molecule has 150 valence electrons. The number of hydrogen-bond acceptors (Lipinski definition) is 5. The number of esters is 1. The highest BCUT2D eigenvalue weighted by Gasteiger charge is 2.16. The summed E-state index contributed by atoms with van der Waals surface area (Å²) in [6.45, 7) is 1.33. The first-order chi connectivity index (χ1) is 14.0. The Balaban J connectivity index is 1.52. The Bertz CT molecular complexity index is 1040. The molecule has 29 heavy (non-hydrogen) atoms. The molecule has 0 fully saturated rings. The summed E-state index contributed by atoms with van der Waals surface area (Å²) in [4.78, 5) is 39.5. The largest absolute Gasteiger partial charge is 0.497 e. The SMILES string of the molecule is CCc1cccc2c(C(=O)COC(=O)CNC(=O)c3ccc(OC)cc3)c[nH]c12. The number of rotatable bonds is 8. The molecule has 2 N–H and O–H groups in total. The number of amides is 1. The minimum absolute atomic E-state index is 0.306. The standard InChI is InChI=1S/C22H22N2O5/c1-3-14-5-4-6-17-18(11-23-21(14)17)19(25)13-29-20(26)12-24-22(27)15-7-9-16(28-2)10-8-15/h4-11,23H,3,12-13H2,1-2H3,(H,24,27). The maximum Gasteiger partial charge on any atom is 0.325 e. The molecule has 0 radical (unpaired) electrons. The van der Waals surface area contributed by atoms with Crippen molar-refractivity contribution in [2.75, 3.05) is 20.3 Å². The van der Waals surface area contributed by atoms with E-state index in [1.807, 2.05) is 25.1 Å². The van der Waals surface area contributed by atoms with E-state index in [-0.39, 0.29) is 18.9 Å². The van der Waals surface area contributed by atoms with E-state index in [0.29, 0.717) is 16.9 Å². The number of aryl methyl sites for hydroxylation is 1. The Labute approximate surface area is 168 Å². The van der Waals surface area contributed by atoms with Crippen LogP contribution in [0.1, 0.15) is 33.2 Å². The summed E-state index contributed by atoms with van der Waals surface area (Å²) < 4.78 is 10.1. The summed E-state index contributed by atoms with van der Waals surface area (Å²) in [5.41, 5.74) is 2.89. The maximum absolute atomic E-state index is 12.4. The van der Waals surface area contributed by atoms with Crippen LogP contribution in [0.3, 0.4) is 0 Å². The molecule has 0 saturated carbocycles. The van der Waals surface area contributed by atoms with Gasteiger partial charge in [0.05, 0.1) is 7.11 Å². The van der Waals surface area contributed by atoms with Gasteiger partial charge in [0.2, 0.25) is 5.78 Å². The Kier molecular flexibility index (Phi) is 6.29. The van der Waals surface area contributed by atoms with Crippen LogP contribution in [0, 0.1) is 0 Å². The third-order valence-electron chi connectivity index (χ3n) is 4.59. The Morgan fingerprint density at radius 1 is 1.07 bits per heavy atom. The molecule has 0 atom stereocenters. The highest BCUT2D eigenvalue weighted by atomic mass is 16.5. The third-order valence-corrected chi connectivity index (χ3v) is 4.59. The van der Waals surface area contributed by atoms with Crippen molar-refractivity contribution >= 4 is 28.6 Å². The molecule has 0 aliphatic rings. The van der Waals surface area contributed by atoms with E-state index in [1.165, 1.54) is 7.11 Å². The number of ether oxygens (including phenoxy) is 2. The van der Waals surface area contributed by atoms with Gasteiger partial charge in [-0.25, -0.2) is 0 Å². The predicted molar refractivity (Wildman–Crippen MR) is 108 cm³/mol. The molecule has 0 spiro atoms. The van der Waals surface area contributed by atoms with Crippen molar-refractivity contribution in [2.24, 2.45) is 0 Å². The summed E-state index contributed by atoms with van der Waals surface area (Å²) in [5.74, 6) is -0.781. The van der Waals surface area contributed by atoms with Gasteiger partial charge in [-0.1, -0.05) is 25.1 Å². The number of H-pyrrole nitrogens is 1. The zero-order valence-electron chi connectivity index (χ0n) is 16.3. The van der Waals surface area contributed by atoms with Crippen LogP contribution < -0.4 is 10.1 Å². The normalized spacial score (nSPS) is 10.6. The van der Waals surface area contributed by atoms with Gasteiger partial charge in [-0.3, -0.25) is 14.4 Å². The van der Waals surface area contributed by atoms with Crippen molar-refractivity contribution in [2.45, 2.75) is 13.3 Å². The van der Waals surface area contributed by atoms with Crippen LogP contribution in [-0.2, 0) is 16.0 Å². The van der Waals surface area contributed by atoms with E-state index in [4.69, 9.17) is 9.47 Å². The van der Waals surface area contributed by atoms with Crippen molar-refractivity contribution in [3.8, 4) is 5.75 Å². The molecule has 3 aromatic rings. The first-order valence-corrected chi connectivity index (χ1v) is 9.23. The molecule has 7 heteroatoms. The smallest absolute Gasteiger partial charge is 0.325 e. The number of para-hydroxylation sites is 1. The van der Waals surface area contributed by atoms with Crippen molar-refractivity contribution < 1.29 is 23.9 Å². The molecule has 0 saturated heterocycles. The van der Waals surface area contributed by atoms with Crippen LogP contribution in [0.4, 0.5) is 0 Å². The van der Waals surface area contributed by atoms with Crippen LogP contribution >= 0.6 is 0 Å². The average molecular weight is 394 g/mol. The predicted octanol–water partition coefficient (Wildman–Crippen LogP) is 2.89. The third kappa shape index (κ3) is 4.63. The molecule has 7 nitrogen and oxygen atoms in total. The lowest BCUT2D eigenvalue weighted by Gasteiger charge is -2.07. The van der Waals surface area contributed by atoms with Gasteiger partial charge in [0, 0.05) is 28.2 Å². The number of Topliss-reactive ketones (excluding diaryl/α,β-unsaturated/α-hetero) is 1. The molecule has 1 aromatic heterocycles. The fourth-order valence-corrected chi connectivity index (χ4v) is 3.01. The summed E-state index contributed by atoms with van der Waals surface area (Å²) in [6, 6.07) is 12.2. The zero-order valence-corrected chi connectivity index (χ0v) is 16.3.